The lowest BCUT2D eigenvalue weighted by molar-refractivity contribution is -0.384. The molecule has 0 aliphatic carbocycles. The van der Waals surface area contributed by atoms with Gasteiger partial charge in [-0.05, 0) is 66.7 Å². The second kappa shape index (κ2) is 11.4. The third-order valence-electron chi connectivity index (χ3n) is 6.87. The van der Waals surface area contributed by atoms with Crippen LogP contribution < -0.4 is 10.6 Å². The first-order valence-electron chi connectivity index (χ1n) is 12.7. The summed E-state index contributed by atoms with van der Waals surface area (Å²) in [5, 5.41) is 18.2. The third-order valence-corrected chi connectivity index (χ3v) is 7.22. The molecule has 10 heteroatoms. The highest BCUT2D eigenvalue weighted by molar-refractivity contribution is 7.80. The first kappa shape index (κ1) is 26.1. The topological polar surface area (TPSA) is 105 Å². The molecule has 4 aromatic rings. The fourth-order valence-corrected chi connectivity index (χ4v) is 5.29. The highest BCUT2D eigenvalue weighted by atomic mass is 32.1. The average molecular weight is 541 g/mol. The van der Waals surface area contributed by atoms with Crippen molar-refractivity contribution in [1.82, 2.24) is 19.8 Å². The molecule has 198 valence electrons. The number of nitrogens with zero attached hydrogens (tertiary/aromatic N) is 4. The maximum absolute atomic E-state index is 13.0. The number of nitrogens with one attached hydrogen (secondary N) is 2. The van der Waals surface area contributed by atoms with Crippen LogP contribution in [0.3, 0.4) is 0 Å². The van der Waals surface area contributed by atoms with E-state index in [2.05, 4.69) is 22.5 Å². The van der Waals surface area contributed by atoms with E-state index in [0.29, 0.717) is 11.7 Å². The number of non-ortho nitro benzene ring substituents is 1. The molecular formula is C29H28N6O3S. The summed E-state index contributed by atoms with van der Waals surface area (Å²) in [6.07, 6.45) is 4.72. The summed E-state index contributed by atoms with van der Waals surface area (Å²) in [5.41, 5.74) is 4.46. The molecule has 2 aromatic carbocycles. The molecule has 9 nitrogen and oxygen atoms in total. The maximum Gasteiger partial charge on any atom is 0.269 e. The van der Waals surface area contributed by atoms with Crippen molar-refractivity contribution in [3.05, 3.63) is 118 Å². The van der Waals surface area contributed by atoms with E-state index in [1.165, 1.54) is 12.1 Å². The number of nitro benzene ring substituents is 1. The minimum absolute atomic E-state index is 0.0276. The Balaban J connectivity index is 1.44. The quantitative estimate of drug-likeness (QED) is 0.168. The predicted molar refractivity (Wildman–Crippen MR) is 154 cm³/mol. The highest BCUT2D eigenvalue weighted by Gasteiger charge is 2.41. The van der Waals surface area contributed by atoms with Gasteiger partial charge in [-0.25, -0.2) is 0 Å². The number of nitro groups is 1. The number of hydrogen-bond donors (Lipinski definition) is 2. The van der Waals surface area contributed by atoms with Gasteiger partial charge >= 0.3 is 0 Å². The molecule has 1 saturated heterocycles. The molecule has 1 aliphatic rings. The van der Waals surface area contributed by atoms with E-state index in [9.17, 15) is 14.9 Å². The zero-order valence-corrected chi connectivity index (χ0v) is 22.2. The molecule has 0 bridgehead atoms. The molecule has 1 fully saturated rings. The molecule has 1 aliphatic heterocycles. The molecule has 5 rings (SSSR count). The van der Waals surface area contributed by atoms with Crippen molar-refractivity contribution < 1.29 is 9.72 Å². The third kappa shape index (κ3) is 5.51. The SMILES string of the molecule is CCc1ccccc1NC(=O)CCN1C(=S)N[C@@H](c2ccccn2)[C@@H]1c1cccn1-c1ccc([N+](=O)[O-])cc1. The molecule has 2 atom stereocenters. The van der Waals surface area contributed by atoms with Gasteiger partial charge in [0.15, 0.2) is 5.11 Å². The van der Waals surface area contributed by atoms with E-state index < -0.39 is 4.92 Å². The van der Waals surface area contributed by atoms with E-state index >= 15 is 0 Å². The summed E-state index contributed by atoms with van der Waals surface area (Å²) in [6, 6.07) is 23.4. The van der Waals surface area contributed by atoms with E-state index in [-0.39, 0.29) is 30.1 Å². The highest BCUT2D eigenvalue weighted by Crippen LogP contribution is 2.39. The first-order chi connectivity index (χ1) is 19.0. The number of pyridine rings is 1. The summed E-state index contributed by atoms with van der Waals surface area (Å²) < 4.78 is 1.99. The normalized spacial score (nSPS) is 16.6. The van der Waals surface area contributed by atoms with Gasteiger partial charge in [0, 0.05) is 54.6 Å². The Bertz CT molecular complexity index is 1490. The minimum Gasteiger partial charge on any atom is -0.352 e. The number of amides is 1. The van der Waals surface area contributed by atoms with Gasteiger partial charge in [0.2, 0.25) is 5.91 Å². The van der Waals surface area contributed by atoms with Crippen molar-refractivity contribution in [3.8, 4) is 5.69 Å². The Morgan fingerprint density at radius 3 is 2.56 bits per heavy atom. The minimum atomic E-state index is -0.414. The summed E-state index contributed by atoms with van der Waals surface area (Å²) >= 11 is 5.77. The van der Waals surface area contributed by atoms with Crippen molar-refractivity contribution in [3.63, 3.8) is 0 Å². The molecule has 3 heterocycles. The van der Waals surface area contributed by atoms with Crippen LogP contribution in [0, 0.1) is 10.1 Å². The van der Waals surface area contributed by atoms with Gasteiger partial charge < -0.3 is 20.1 Å². The molecular weight excluding hydrogens is 512 g/mol. The van der Waals surface area contributed by atoms with Crippen LogP contribution in [-0.4, -0.2) is 36.9 Å². The van der Waals surface area contributed by atoms with Gasteiger partial charge in [-0.2, -0.15) is 0 Å². The lowest BCUT2D eigenvalue weighted by atomic mass is 10.0. The molecule has 2 aromatic heterocycles. The number of hydrogen-bond acceptors (Lipinski definition) is 5. The van der Waals surface area contributed by atoms with Crippen molar-refractivity contribution >= 4 is 34.6 Å². The summed E-state index contributed by atoms with van der Waals surface area (Å²) in [7, 11) is 0. The summed E-state index contributed by atoms with van der Waals surface area (Å²) in [6.45, 7) is 2.45. The molecule has 39 heavy (non-hydrogen) atoms. The average Bonchev–Trinajstić information content (AvgIpc) is 3.57. The number of anilines is 1. The van der Waals surface area contributed by atoms with Crippen LogP contribution in [0.15, 0.2) is 91.3 Å². The van der Waals surface area contributed by atoms with E-state index in [4.69, 9.17) is 12.2 Å². The van der Waals surface area contributed by atoms with Crippen LogP contribution in [0.5, 0.6) is 0 Å². The van der Waals surface area contributed by atoms with Crippen LogP contribution in [0.25, 0.3) is 5.69 Å². The Morgan fingerprint density at radius 1 is 1.08 bits per heavy atom. The van der Waals surface area contributed by atoms with Gasteiger partial charge in [-0.3, -0.25) is 19.9 Å². The van der Waals surface area contributed by atoms with Gasteiger partial charge in [-0.1, -0.05) is 31.2 Å². The number of thiocarbonyl (C=S) groups is 1. The monoisotopic (exact) mass is 540 g/mol. The lowest BCUT2D eigenvalue weighted by Gasteiger charge is -2.29. The molecule has 0 radical (unpaired) electrons. The smallest absolute Gasteiger partial charge is 0.269 e. The molecule has 0 saturated carbocycles. The zero-order valence-electron chi connectivity index (χ0n) is 21.4. The number of carbonyl (C=O) groups is 1. The largest absolute Gasteiger partial charge is 0.352 e. The Morgan fingerprint density at radius 2 is 1.85 bits per heavy atom. The zero-order chi connectivity index (χ0) is 27.4. The first-order valence-corrected chi connectivity index (χ1v) is 13.1. The summed E-state index contributed by atoms with van der Waals surface area (Å²) in [5.74, 6) is -0.0931. The number of rotatable bonds is 9. The van der Waals surface area contributed by atoms with E-state index in [1.807, 2.05) is 70.3 Å². The van der Waals surface area contributed by atoms with Crippen molar-refractivity contribution in [2.45, 2.75) is 31.8 Å². The Hall–Kier alpha value is -4.57. The number of carbonyl (C=O) groups excluding carboxylic acids is 1. The Kier molecular flexibility index (Phi) is 7.64. The number of benzene rings is 2. The predicted octanol–water partition coefficient (Wildman–Crippen LogP) is 5.34. The van der Waals surface area contributed by atoms with Crippen LogP contribution in [0.4, 0.5) is 11.4 Å². The maximum atomic E-state index is 13.0. The number of aromatic nitrogens is 2. The Labute approximate surface area is 231 Å². The molecule has 2 N–H and O–H groups in total. The molecule has 1 amide bonds. The van der Waals surface area contributed by atoms with Crippen LogP contribution >= 0.6 is 12.2 Å². The summed E-state index contributed by atoms with van der Waals surface area (Å²) in [4.78, 5) is 30.3. The lowest BCUT2D eigenvalue weighted by Crippen LogP contribution is -2.33. The number of para-hydroxylation sites is 1. The van der Waals surface area contributed by atoms with Crippen molar-refractivity contribution in [2.24, 2.45) is 0 Å². The van der Waals surface area contributed by atoms with Crippen LogP contribution in [0.1, 0.15) is 42.4 Å². The fraction of sp³-hybridized carbons (Fsp3) is 0.207. The van der Waals surface area contributed by atoms with E-state index in [1.54, 1.807) is 18.3 Å². The second-order valence-electron chi connectivity index (χ2n) is 9.21. The van der Waals surface area contributed by atoms with Gasteiger partial charge in [0.05, 0.1) is 22.7 Å². The number of aryl methyl sites for hydroxylation is 1. The van der Waals surface area contributed by atoms with Crippen LogP contribution in [0.2, 0.25) is 0 Å². The fourth-order valence-electron chi connectivity index (χ4n) is 4.96. The molecule has 0 unspecified atom stereocenters. The standard InChI is InChI=1S/C29H28N6O3S/c1-2-20-8-3-4-9-23(20)31-26(36)16-19-34-28(27(32-29(34)39)24-10-5-6-17-30-24)25-11-7-18-33(25)21-12-14-22(15-13-21)35(37)38/h3-15,17-18,27-28H,2,16,19H2,1H3,(H,31,36)(H,32,39)/t27-,28-/m0/s1. The van der Waals surface area contributed by atoms with Crippen LogP contribution in [-0.2, 0) is 11.2 Å². The van der Waals surface area contributed by atoms with E-state index in [0.717, 1.165) is 34.7 Å². The van der Waals surface area contributed by atoms with Gasteiger partial charge in [-0.15, -0.1) is 0 Å². The molecule has 0 spiro atoms. The van der Waals surface area contributed by atoms with Crippen molar-refractivity contribution in [2.75, 3.05) is 11.9 Å². The van der Waals surface area contributed by atoms with Gasteiger partial charge in [0.25, 0.3) is 5.69 Å². The van der Waals surface area contributed by atoms with Crippen molar-refractivity contribution in [1.29, 1.82) is 0 Å². The second-order valence-corrected chi connectivity index (χ2v) is 9.59. The van der Waals surface area contributed by atoms with Gasteiger partial charge in [0.1, 0.15) is 0 Å².